The van der Waals surface area contributed by atoms with E-state index in [4.69, 9.17) is 0 Å². The first-order valence-corrected chi connectivity index (χ1v) is 9.33. The molecule has 0 bridgehead atoms. The van der Waals surface area contributed by atoms with E-state index in [2.05, 4.69) is 22.5 Å². The highest BCUT2D eigenvalue weighted by Gasteiger charge is 2.36. The number of hydrogen-bond acceptors (Lipinski definition) is 3. The maximum atomic E-state index is 12.7. The SMILES string of the molecule is C[C@H]1CN2CCC[C@H]2CN1C(=O)Nc1cccc(NC(=O)C2CC2)c1. The van der Waals surface area contributed by atoms with Crippen LogP contribution in [0.4, 0.5) is 16.2 Å². The topological polar surface area (TPSA) is 64.7 Å². The molecule has 2 heterocycles. The van der Waals surface area contributed by atoms with Crippen LogP contribution >= 0.6 is 0 Å². The number of rotatable bonds is 3. The van der Waals surface area contributed by atoms with Gasteiger partial charge in [-0.1, -0.05) is 6.07 Å². The molecule has 1 aromatic carbocycles. The summed E-state index contributed by atoms with van der Waals surface area (Å²) in [6.07, 6.45) is 4.37. The third-order valence-electron chi connectivity index (χ3n) is 5.53. The van der Waals surface area contributed by atoms with Crippen LogP contribution in [0.5, 0.6) is 0 Å². The zero-order chi connectivity index (χ0) is 17.4. The number of amides is 3. The Kier molecular flexibility index (Phi) is 4.37. The van der Waals surface area contributed by atoms with Crippen LogP contribution in [0.2, 0.25) is 0 Å². The van der Waals surface area contributed by atoms with Crippen molar-refractivity contribution in [1.82, 2.24) is 9.80 Å². The standard InChI is InChI=1S/C19H26N4O2/c1-13-11-22-9-3-6-17(22)12-23(13)19(25)21-16-5-2-4-15(10-16)20-18(24)14-7-8-14/h2,4-5,10,13-14,17H,3,6-9,11-12H2,1H3,(H,20,24)(H,21,25)/t13-,17-/m0/s1. The Labute approximate surface area is 148 Å². The lowest BCUT2D eigenvalue weighted by Gasteiger charge is -2.42. The molecule has 1 saturated carbocycles. The second-order valence-electron chi connectivity index (χ2n) is 7.57. The van der Waals surface area contributed by atoms with Crippen LogP contribution in [-0.4, -0.2) is 53.5 Å². The molecule has 4 rings (SSSR count). The molecule has 1 aromatic rings. The molecule has 1 aliphatic carbocycles. The smallest absolute Gasteiger partial charge is 0.322 e. The van der Waals surface area contributed by atoms with Crippen molar-refractivity contribution in [1.29, 1.82) is 0 Å². The fourth-order valence-electron chi connectivity index (χ4n) is 3.93. The summed E-state index contributed by atoms with van der Waals surface area (Å²) in [6, 6.07) is 8.07. The zero-order valence-corrected chi connectivity index (χ0v) is 14.7. The van der Waals surface area contributed by atoms with Crippen molar-refractivity contribution in [3.8, 4) is 0 Å². The Bertz CT molecular complexity index is 673. The molecular formula is C19H26N4O2. The van der Waals surface area contributed by atoms with E-state index in [1.807, 2.05) is 29.2 Å². The summed E-state index contributed by atoms with van der Waals surface area (Å²) in [5, 5.41) is 5.92. The second kappa shape index (κ2) is 6.67. The fraction of sp³-hybridized carbons (Fsp3) is 0.579. The molecule has 0 unspecified atom stereocenters. The summed E-state index contributed by atoms with van der Waals surface area (Å²) in [6.45, 7) is 5.02. The highest BCUT2D eigenvalue weighted by Crippen LogP contribution is 2.30. The quantitative estimate of drug-likeness (QED) is 0.888. The number of carbonyl (C=O) groups is 2. The van der Waals surface area contributed by atoms with Gasteiger partial charge in [0.15, 0.2) is 0 Å². The number of fused-ring (bicyclic) bond motifs is 1. The predicted molar refractivity (Wildman–Crippen MR) is 97.6 cm³/mol. The lowest BCUT2D eigenvalue weighted by molar-refractivity contribution is -0.117. The molecule has 3 fully saturated rings. The lowest BCUT2D eigenvalue weighted by atomic mass is 10.1. The third-order valence-corrected chi connectivity index (χ3v) is 5.53. The first-order chi connectivity index (χ1) is 12.1. The van der Waals surface area contributed by atoms with E-state index in [0.717, 1.165) is 43.9 Å². The van der Waals surface area contributed by atoms with Crippen molar-refractivity contribution in [2.45, 2.75) is 44.7 Å². The van der Waals surface area contributed by atoms with Gasteiger partial charge in [0, 0.05) is 42.5 Å². The van der Waals surface area contributed by atoms with E-state index < -0.39 is 0 Å². The minimum atomic E-state index is -0.0512. The summed E-state index contributed by atoms with van der Waals surface area (Å²) < 4.78 is 0. The van der Waals surface area contributed by atoms with E-state index in [1.165, 1.54) is 12.8 Å². The number of anilines is 2. The Hall–Kier alpha value is -2.08. The van der Waals surface area contributed by atoms with Gasteiger partial charge in [-0.25, -0.2) is 4.79 Å². The van der Waals surface area contributed by atoms with Crippen LogP contribution in [0, 0.1) is 5.92 Å². The largest absolute Gasteiger partial charge is 0.326 e. The summed E-state index contributed by atoms with van der Waals surface area (Å²) in [5.74, 6) is 0.247. The Morgan fingerprint density at radius 3 is 2.60 bits per heavy atom. The van der Waals surface area contributed by atoms with Gasteiger partial charge in [-0.15, -0.1) is 0 Å². The zero-order valence-electron chi connectivity index (χ0n) is 14.7. The predicted octanol–water partition coefficient (Wildman–Crippen LogP) is 2.74. The highest BCUT2D eigenvalue weighted by molar-refractivity contribution is 5.95. The molecule has 3 amide bonds. The van der Waals surface area contributed by atoms with E-state index >= 15 is 0 Å². The maximum absolute atomic E-state index is 12.7. The normalized spacial score (nSPS) is 26.2. The van der Waals surface area contributed by atoms with Crippen molar-refractivity contribution in [3.05, 3.63) is 24.3 Å². The fourth-order valence-corrected chi connectivity index (χ4v) is 3.93. The average Bonchev–Trinajstić information content (AvgIpc) is 3.34. The van der Waals surface area contributed by atoms with Gasteiger partial charge >= 0.3 is 6.03 Å². The minimum Gasteiger partial charge on any atom is -0.326 e. The molecule has 0 spiro atoms. The first-order valence-electron chi connectivity index (χ1n) is 9.33. The van der Waals surface area contributed by atoms with Crippen LogP contribution in [0.1, 0.15) is 32.6 Å². The summed E-state index contributed by atoms with van der Waals surface area (Å²) in [4.78, 5) is 29.1. The number of carbonyl (C=O) groups excluding carboxylic acids is 2. The van der Waals surface area contributed by atoms with Gasteiger partial charge in [-0.05, 0) is 57.4 Å². The van der Waals surface area contributed by atoms with Crippen LogP contribution in [0.25, 0.3) is 0 Å². The van der Waals surface area contributed by atoms with Crippen molar-refractivity contribution >= 4 is 23.3 Å². The van der Waals surface area contributed by atoms with Crippen LogP contribution < -0.4 is 10.6 Å². The molecule has 134 valence electrons. The van der Waals surface area contributed by atoms with Crippen LogP contribution in [0.15, 0.2) is 24.3 Å². The molecule has 0 radical (unpaired) electrons. The third kappa shape index (κ3) is 3.63. The van der Waals surface area contributed by atoms with E-state index in [1.54, 1.807) is 0 Å². The molecule has 25 heavy (non-hydrogen) atoms. The van der Waals surface area contributed by atoms with E-state index in [9.17, 15) is 9.59 Å². The number of nitrogens with zero attached hydrogens (tertiary/aromatic N) is 2. The molecule has 2 N–H and O–H groups in total. The second-order valence-corrected chi connectivity index (χ2v) is 7.57. The monoisotopic (exact) mass is 342 g/mol. The molecule has 2 aliphatic heterocycles. The van der Waals surface area contributed by atoms with Crippen molar-refractivity contribution < 1.29 is 9.59 Å². The molecular weight excluding hydrogens is 316 g/mol. The number of benzene rings is 1. The van der Waals surface area contributed by atoms with Crippen molar-refractivity contribution in [2.75, 3.05) is 30.3 Å². The number of piperazine rings is 1. The Morgan fingerprint density at radius 2 is 1.84 bits per heavy atom. The number of hydrogen-bond donors (Lipinski definition) is 2. The van der Waals surface area contributed by atoms with Gasteiger partial charge in [-0.3, -0.25) is 9.69 Å². The average molecular weight is 342 g/mol. The summed E-state index contributed by atoms with van der Waals surface area (Å²) in [7, 11) is 0. The summed E-state index contributed by atoms with van der Waals surface area (Å²) in [5.41, 5.74) is 1.46. The molecule has 6 nitrogen and oxygen atoms in total. The molecule has 6 heteroatoms. The van der Waals surface area contributed by atoms with Crippen molar-refractivity contribution in [3.63, 3.8) is 0 Å². The van der Waals surface area contributed by atoms with E-state index in [0.29, 0.717) is 6.04 Å². The summed E-state index contributed by atoms with van der Waals surface area (Å²) >= 11 is 0. The first kappa shape index (κ1) is 16.4. The van der Waals surface area contributed by atoms with Gasteiger partial charge in [0.1, 0.15) is 0 Å². The Balaban J connectivity index is 1.39. The van der Waals surface area contributed by atoms with Crippen LogP contribution in [-0.2, 0) is 4.79 Å². The van der Waals surface area contributed by atoms with E-state index in [-0.39, 0.29) is 23.9 Å². The van der Waals surface area contributed by atoms with Crippen LogP contribution in [0.3, 0.4) is 0 Å². The molecule has 2 atom stereocenters. The Morgan fingerprint density at radius 1 is 1.08 bits per heavy atom. The number of nitrogens with one attached hydrogen (secondary N) is 2. The maximum Gasteiger partial charge on any atom is 0.322 e. The van der Waals surface area contributed by atoms with Gasteiger partial charge in [-0.2, -0.15) is 0 Å². The van der Waals surface area contributed by atoms with Gasteiger partial charge in [0.05, 0.1) is 0 Å². The van der Waals surface area contributed by atoms with Gasteiger partial charge in [0.25, 0.3) is 0 Å². The minimum absolute atomic E-state index is 0.0512. The highest BCUT2D eigenvalue weighted by atomic mass is 16.2. The van der Waals surface area contributed by atoms with Crippen molar-refractivity contribution in [2.24, 2.45) is 5.92 Å². The lowest BCUT2D eigenvalue weighted by Crippen LogP contribution is -2.57. The molecule has 2 saturated heterocycles. The van der Waals surface area contributed by atoms with Gasteiger partial charge < -0.3 is 15.5 Å². The molecule has 0 aromatic heterocycles. The van der Waals surface area contributed by atoms with Gasteiger partial charge in [0.2, 0.25) is 5.91 Å². The molecule has 3 aliphatic rings. The number of urea groups is 1.